The van der Waals surface area contributed by atoms with Crippen LogP contribution in [0.5, 0.6) is 0 Å². The van der Waals surface area contributed by atoms with Gasteiger partial charge in [0.1, 0.15) is 0 Å². The average molecular weight is 308 g/mol. The molecule has 0 radical (unpaired) electrons. The van der Waals surface area contributed by atoms with E-state index in [4.69, 9.17) is 5.11 Å². The molecule has 22 heavy (non-hydrogen) atoms. The minimum atomic E-state index is -1.18. The molecule has 0 aliphatic rings. The fraction of sp³-hybridized carbons (Fsp3) is 0.733. The van der Waals surface area contributed by atoms with Gasteiger partial charge in [0.25, 0.3) is 0 Å². The quantitative estimate of drug-likeness (QED) is 0.129. The summed E-state index contributed by atoms with van der Waals surface area (Å²) in [4.78, 5) is 21.3. The van der Waals surface area contributed by atoms with Gasteiger partial charge in [0.05, 0.1) is 26.1 Å². The second kappa shape index (κ2) is 13.8. The molecule has 122 valence electrons. The van der Waals surface area contributed by atoms with Gasteiger partial charge in [0, 0.05) is 18.8 Å². The summed E-state index contributed by atoms with van der Waals surface area (Å²) in [5.41, 5.74) is 0. The number of hydrogen-bond acceptors (Lipinski definition) is 4. The smallest absolute Gasteiger partial charge is 0.550 e. The molecule has 0 aliphatic heterocycles. The number of aliphatic hydroxyl groups excluding tert-OH is 1. The van der Waals surface area contributed by atoms with Crippen LogP contribution in [-0.2, 0) is 9.59 Å². The molecule has 6 nitrogen and oxygen atoms in total. The Morgan fingerprint density at radius 1 is 1.09 bits per heavy atom. The van der Waals surface area contributed by atoms with Crippen molar-refractivity contribution in [2.45, 2.75) is 45.4 Å². The standard InChI is InChI=1S/C15H27NO5.Li/c1-2-3-4-5-6-7-10-16(13-17,11-8-14(18)19)12-9-15(20)21;/h4-5,17H,2-3,6-13H2,1H3,(H-,18,19,20,21);/q;+1/b5-4+;. The third-order valence-corrected chi connectivity index (χ3v) is 3.52. The zero-order chi connectivity index (χ0) is 16.1. The summed E-state index contributed by atoms with van der Waals surface area (Å²) in [5, 5.41) is 29.0. The first-order valence-electron chi connectivity index (χ1n) is 7.48. The van der Waals surface area contributed by atoms with Crippen LogP contribution in [-0.4, -0.2) is 53.0 Å². The van der Waals surface area contributed by atoms with E-state index in [0.717, 1.165) is 25.7 Å². The topological polar surface area (TPSA) is 97.7 Å². The third kappa shape index (κ3) is 11.8. The zero-order valence-corrected chi connectivity index (χ0v) is 13.8. The van der Waals surface area contributed by atoms with Crippen LogP contribution in [0.3, 0.4) is 0 Å². The van der Waals surface area contributed by atoms with Crippen LogP contribution >= 0.6 is 0 Å². The average Bonchev–Trinajstić information content (AvgIpc) is 2.45. The van der Waals surface area contributed by atoms with Gasteiger partial charge in [0.2, 0.25) is 0 Å². The van der Waals surface area contributed by atoms with E-state index in [1.165, 1.54) is 0 Å². The van der Waals surface area contributed by atoms with Gasteiger partial charge >= 0.3 is 24.8 Å². The molecule has 0 aliphatic carbocycles. The molecule has 0 aromatic carbocycles. The monoisotopic (exact) mass is 308 g/mol. The van der Waals surface area contributed by atoms with Crippen LogP contribution in [0.2, 0.25) is 0 Å². The van der Waals surface area contributed by atoms with Gasteiger partial charge in [-0.3, -0.25) is 4.79 Å². The summed E-state index contributed by atoms with van der Waals surface area (Å²) in [6.07, 6.45) is 7.68. The van der Waals surface area contributed by atoms with E-state index in [0.29, 0.717) is 6.54 Å². The van der Waals surface area contributed by atoms with Gasteiger partial charge in [-0.15, -0.1) is 0 Å². The fourth-order valence-corrected chi connectivity index (χ4v) is 2.16. The van der Waals surface area contributed by atoms with Gasteiger partial charge in [-0.2, -0.15) is 0 Å². The predicted molar refractivity (Wildman–Crippen MR) is 77.1 cm³/mol. The Hall–Kier alpha value is -0.803. The number of carboxylic acid groups (broad SMARTS) is 2. The minimum absolute atomic E-state index is 0. The molecule has 7 heteroatoms. The molecule has 0 rings (SSSR count). The maximum absolute atomic E-state index is 10.7. The molecule has 2 N–H and O–H groups in total. The van der Waals surface area contributed by atoms with Crippen molar-refractivity contribution in [2.75, 3.05) is 26.4 Å². The number of carbonyl (C=O) groups is 2. The van der Waals surface area contributed by atoms with Gasteiger partial charge in [-0.05, 0) is 12.8 Å². The van der Waals surface area contributed by atoms with Gasteiger partial charge in [-0.1, -0.05) is 25.5 Å². The molecule has 0 fully saturated rings. The van der Waals surface area contributed by atoms with E-state index in [2.05, 4.69) is 19.1 Å². The largest absolute Gasteiger partial charge is 1.00 e. The molecule has 0 saturated heterocycles. The Kier molecular flexibility index (Phi) is 14.8. The number of allylic oxidation sites excluding steroid dienone is 2. The molecule has 1 atom stereocenters. The molecule has 0 saturated carbocycles. The maximum Gasteiger partial charge on any atom is 1.00 e. The number of unbranched alkanes of at least 4 members (excludes halogenated alkanes) is 2. The van der Waals surface area contributed by atoms with Gasteiger partial charge < -0.3 is 24.6 Å². The zero-order valence-electron chi connectivity index (χ0n) is 13.8. The molecule has 0 spiro atoms. The fourth-order valence-electron chi connectivity index (χ4n) is 2.16. The maximum atomic E-state index is 10.7. The summed E-state index contributed by atoms with van der Waals surface area (Å²) in [6, 6.07) is 0. The van der Waals surface area contributed by atoms with Crippen molar-refractivity contribution in [3.05, 3.63) is 12.2 Å². The Balaban J connectivity index is 0. The Labute approximate surface area is 144 Å². The van der Waals surface area contributed by atoms with Crippen LogP contribution in [0.15, 0.2) is 12.2 Å². The number of hydrogen-bond donors (Lipinski definition) is 2. The van der Waals surface area contributed by atoms with Crippen LogP contribution in [0.4, 0.5) is 0 Å². The van der Waals surface area contributed by atoms with Crippen molar-refractivity contribution >= 4 is 11.9 Å². The van der Waals surface area contributed by atoms with Crippen LogP contribution in [0, 0.1) is 0 Å². The van der Waals surface area contributed by atoms with Gasteiger partial charge in [-0.25, -0.2) is 0 Å². The number of carboxylic acids is 2. The van der Waals surface area contributed by atoms with E-state index in [-0.39, 0.29) is 56.0 Å². The van der Waals surface area contributed by atoms with Crippen molar-refractivity contribution in [1.82, 2.24) is 0 Å². The third-order valence-electron chi connectivity index (χ3n) is 3.52. The van der Waals surface area contributed by atoms with E-state index in [1.807, 2.05) is 0 Å². The Bertz CT molecular complexity index is 329. The van der Waals surface area contributed by atoms with Crippen LogP contribution in [0.1, 0.15) is 45.4 Å². The van der Waals surface area contributed by atoms with Crippen molar-refractivity contribution in [3.8, 4) is 0 Å². The summed E-state index contributed by atoms with van der Waals surface area (Å²) < 4.78 is 0.0991. The van der Waals surface area contributed by atoms with Crippen molar-refractivity contribution in [3.63, 3.8) is 0 Å². The first-order chi connectivity index (χ1) is 9.95. The number of aliphatic hydroxyl groups is 1. The molecule has 0 bridgehead atoms. The Morgan fingerprint density at radius 3 is 2.18 bits per heavy atom. The summed E-state index contributed by atoms with van der Waals surface area (Å²) in [7, 11) is 0. The van der Waals surface area contributed by atoms with Crippen LogP contribution in [0.25, 0.3) is 0 Å². The van der Waals surface area contributed by atoms with E-state index >= 15 is 0 Å². The second-order valence-corrected chi connectivity index (χ2v) is 5.32. The second-order valence-electron chi connectivity index (χ2n) is 5.32. The molecule has 0 amide bonds. The molecule has 0 aromatic rings. The molecule has 0 heterocycles. The predicted octanol–water partition coefficient (Wildman–Crippen LogP) is -2.49. The molecule has 1 unspecified atom stereocenters. The first-order valence-corrected chi connectivity index (χ1v) is 7.48. The van der Waals surface area contributed by atoms with Crippen molar-refractivity contribution < 1.29 is 48.3 Å². The number of quaternary nitrogens is 1. The van der Waals surface area contributed by atoms with Crippen LogP contribution < -0.4 is 24.0 Å². The summed E-state index contributed by atoms with van der Waals surface area (Å²) in [5.74, 6) is -2.12. The number of aliphatic carboxylic acids is 2. The van der Waals surface area contributed by atoms with E-state index in [9.17, 15) is 19.8 Å². The SMILES string of the molecule is CCC/C=C/CCC[N+](CO)(CCC(=O)[O-])CCC(=O)O.[Li+]. The molecule has 0 aromatic heterocycles. The number of rotatable bonds is 13. The van der Waals surface area contributed by atoms with E-state index < -0.39 is 11.9 Å². The summed E-state index contributed by atoms with van der Waals surface area (Å²) >= 11 is 0. The van der Waals surface area contributed by atoms with Gasteiger partial charge in [0.15, 0.2) is 6.73 Å². The van der Waals surface area contributed by atoms with Crippen molar-refractivity contribution in [2.24, 2.45) is 0 Å². The summed E-state index contributed by atoms with van der Waals surface area (Å²) in [6.45, 7) is 2.85. The normalized spacial score (nSPS) is 13.5. The minimum Gasteiger partial charge on any atom is -0.550 e. The first kappa shape index (κ1) is 23.5. The van der Waals surface area contributed by atoms with E-state index in [1.54, 1.807) is 0 Å². The Morgan fingerprint density at radius 2 is 1.68 bits per heavy atom. The van der Waals surface area contributed by atoms with Crippen molar-refractivity contribution in [1.29, 1.82) is 0 Å². The number of carbonyl (C=O) groups excluding carboxylic acids is 1. The number of nitrogens with zero attached hydrogens (tertiary/aromatic N) is 1. The molecular weight excluding hydrogens is 281 g/mol. The molecular formula is C15H27LiNO5+.